The fourth-order valence-corrected chi connectivity index (χ4v) is 7.03. The summed E-state index contributed by atoms with van der Waals surface area (Å²) >= 11 is 0. The van der Waals surface area contributed by atoms with Crippen molar-refractivity contribution in [3.05, 3.63) is 145 Å². The van der Waals surface area contributed by atoms with Gasteiger partial charge in [0.1, 0.15) is 6.04 Å². The Morgan fingerprint density at radius 3 is 1.89 bits per heavy atom. The van der Waals surface area contributed by atoms with Crippen LogP contribution in [0.25, 0.3) is 22.8 Å². The number of carbonyl (C=O) groups is 6. The van der Waals surface area contributed by atoms with Crippen molar-refractivity contribution in [1.29, 1.82) is 0 Å². The predicted molar refractivity (Wildman–Crippen MR) is 248 cm³/mol. The molecule has 70 heavy (non-hydrogen) atoms. The first-order chi connectivity index (χ1) is 33.2. The SMILES string of the molecule is Cc1ccnc(-c2cc(C(=O)NC(CS(=O)(=O)[O-])C(=O)NCCN(C)C(=O)CCCCCCC(=O)ON3C(=O)CCC3=O)ccn2)c1.[Ir].[c-]1ccccc1-n1cccn1.[c-]1ccccc1-n1cccn1. The number of hydrogen-bond donors (Lipinski definition) is 2. The molecule has 6 aromatic rings. The largest absolute Gasteiger partial charge is 0.748 e. The molecule has 1 radical (unpaired) electrons. The number of hydroxylamine groups is 2. The summed E-state index contributed by atoms with van der Waals surface area (Å²) < 4.78 is 38.0. The Morgan fingerprint density at radius 1 is 0.786 bits per heavy atom. The number of amides is 5. The molecule has 1 fully saturated rings. The van der Waals surface area contributed by atoms with E-state index < -0.39 is 51.5 Å². The minimum atomic E-state index is -4.91. The van der Waals surface area contributed by atoms with Gasteiger partial charge in [-0.1, -0.05) is 12.8 Å². The van der Waals surface area contributed by atoms with E-state index in [4.69, 9.17) is 4.84 Å². The number of aryl methyl sites for hydroxylation is 1. The van der Waals surface area contributed by atoms with E-state index in [1.165, 1.54) is 30.3 Å². The summed E-state index contributed by atoms with van der Waals surface area (Å²) in [5, 5.41) is 13.4. The standard InChI is InChI=1S/C30H38N6O10S.2C9H7N2.Ir/c1-20-11-13-31-22(17-20)23-18-21(12-14-32-23)29(41)34-24(19-47(43,44)45)30(42)33-15-16-35(2)25(37)7-5-3-4-6-8-28(40)46-36-26(38)9-10-27(36)39;2*1-2-5-9(6-3-1)11-8-4-7-10-11;/h11-14,17-18,24H,3-10,15-16,19H2,1-2H3,(H,33,42)(H,34,41)(H,43,44,45);2*1-5,7-8H;/q;2*-1;/p-1. The molecule has 2 aromatic carbocycles. The molecule has 371 valence electrons. The summed E-state index contributed by atoms with van der Waals surface area (Å²) in [7, 11) is -3.38. The van der Waals surface area contributed by atoms with Crippen molar-refractivity contribution >= 4 is 45.6 Å². The summed E-state index contributed by atoms with van der Waals surface area (Å²) in [6, 6.07) is 30.1. The third kappa shape index (κ3) is 18.7. The van der Waals surface area contributed by atoms with Crippen LogP contribution in [0.15, 0.2) is 122 Å². The monoisotopic (exact) mass is 1150 g/mol. The topological polar surface area (TPSA) is 261 Å². The van der Waals surface area contributed by atoms with Gasteiger partial charge in [-0.3, -0.25) is 43.3 Å². The molecule has 0 bridgehead atoms. The zero-order valence-corrected chi connectivity index (χ0v) is 41.5. The molecule has 5 heterocycles. The van der Waals surface area contributed by atoms with E-state index in [-0.39, 0.29) is 70.3 Å². The van der Waals surface area contributed by atoms with E-state index >= 15 is 0 Å². The van der Waals surface area contributed by atoms with Crippen LogP contribution >= 0.6 is 0 Å². The molecule has 22 heteroatoms. The van der Waals surface area contributed by atoms with E-state index in [0.717, 1.165) is 16.9 Å². The van der Waals surface area contributed by atoms with Crippen molar-refractivity contribution in [3.8, 4) is 22.8 Å². The summed E-state index contributed by atoms with van der Waals surface area (Å²) in [6.45, 7) is 1.86. The molecule has 1 atom stereocenters. The molecule has 0 aliphatic carbocycles. The molecule has 0 spiro atoms. The van der Waals surface area contributed by atoms with Gasteiger partial charge in [0.05, 0.1) is 27.3 Å². The number of nitrogens with one attached hydrogen (secondary N) is 2. The Balaban J connectivity index is 0.000000370. The number of rotatable bonds is 19. The third-order valence-electron chi connectivity index (χ3n) is 9.97. The fourth-order valence-electron chi connectivity index (χ4n) is 6.38. The number of imide groups is 1. The van der Waals surface area contributed by atoms with Crippen LogP contribution in [-0.4, -0.2) is 120 Å². The Bertz CT molecular complexity index is 2640. The maximum absolute atomic E-state index is 12.9. The number of hydrogen-bond acceptors (Lipinski definition) is 14. The Hall–Kier alpha value is -7.26. The van der Waals surface area contributed by atoms with Crippen LogP contribution in [0.2, 0.25) is 0 Å². The van der Waals surface area contributed by atoms with Crippen LogP contribution in [-0.2, 0) is 59.0 Å². The molecule has 0 saturated carbocycles. The second kappa shape index (κ2) is 28.3. The Labute approximate surface area is 418 Å². The van der Waals surface area contributed by atoms with Gasteiger partial charge in [0, 0.05) is 109 Å². The number of para-hydroxylation sites is 2. The van der Waals surface area contributed by atoms with Gasteiger partial charge in [-0.15, -0.1) is 17.2 Å². The summed E-state index contributed by atoms with van der Waals surface area (Å²) in [5.41, 5.74) is 3.81. The number of benzene rings is 2. The third-order valence-corrected chi connectivity index (χ3v) is 10.7. The van der Waals surface area contributed by atoms with Gasteiger partial charge in [-0.05, 0) is 73.1 Å². The van der Waals surface area contributed by atoms with Crippen LogP contribution in [0.5, 0.6) is 0 Å². The first-order valence-corrected chi connectivity index (χ1v) is 23.4. The van der Waals surface area contributed by atoms with Crippen LogP contribution in [0.1, 0.15) is 67.3 Å². The molecule has 1 unspecified atom stereocenters. The van der Waals surface area contributed by atoms with Gasteiger partial charge in [-0.25, -0.2) is 13.2 Å². The van der Waals surface area contributed by atoms with Crippen molar-refractivity contribution in [3.63, 3.8) is 0 Å². The van der Waals surface area contributed by atoms with Gasteiger partial charge in [-0.2, -0.15) is 58.7 Å². The maximum Gasteiger partial charge on any atom is 0.333 e. The van der Waals surface area contributed by atoms with Crippen LogP contribution in [0.4, 0.5) is 0 Å². The maximum atomic E-state index is 12.9. The molecule has 1 saturated heterocycles. The number of aromatic nitrogens is 6. The molecule has 1 aliphatic heterocycles. The summed E-state index contributed by atoms with van der Waals surface area (Å²) in [5.74, 6) is -4.87. The second-order valence-electron chi connectivity index (χ2n) is 15.4. The second-order valence-corrected chi connectivity index (χ2v) is 16.8. The molecule has 2 N–H and O–H groups in total. The fraction of sp³-hybridized carbons (Fsp3) is 0.292. The number of carbonyl (C=O) groups excluding carboxylic acids is 6. The van der Waals surface area contributed by atoms with Crippen LogP contribution < -0.4 is 10.6 Å². The van der Waals surface area contributed by atoms with Gasteiger partial charge in [0.2, 0.25) is 11.8 Å². The van der Waals surface area contributed by atoms with Crippen molar-refractivity contribution in [2.45, 2.75) is 64.3 Å². The van der Waals surface area contributed by atoms with Gasteiger partial charge < -0.3 is 24.9 Å². The first kappa shape index (κ1) is 55.3. The molecular formula is C48H51IrN10O10S-3. The van der Waals surface area contributed by atoms with Crippen molar-refractivity contribution in [2.24, 2.45) is 0 Å². The minimum Gasteiger partial charge on any atom is -0.748 e. The number of unbranched alkanes of at least 4 members (excludes halogenated alkanes) is 3. The van der Waals surface area contributed by atoms with Gasteiger partial charge >= 0.3 is 5.97 Å². The Morgan fingerprint density at radius 2 is 1.36 bits per heavy atom. The number of pyridine rings is 2. The van der Waals surface area contributed by atoms with E-state index in [1.54, 1.807) is 40.1 Å². The van der Waals surface area contributed by atoms with Crippen molar-refractivity contribution in [2.75, 3.05) is 25.9 Å². The summed E-state index contributed by atoms with van der Waals surface area (Å²) in [6.07, 6.45) is 12.7. The molecule has 5 amide bonds. The molecular weight excluding hydrogens is 1100 g/mol. The van der Waals surface area contributed by atoms with Gasteiger partial charge in [0.25, 0.3) is 17.7 Å². The quantitative estimate of drug-likeness (QED) is 0.0504. The number of likely N-dealkylation sites (N-methyl/N-ethyl adjacent to an activating group) is 1. The molecule has 1 aliphatic rings. The predicted octanol–water partition coefficient (Wildman–Crippen LogP) is 3.96. The normalized spacial score (nSPS) is 12.2. The van der Waals surface area contributed by atoms with Gasteiger partial charge in [0.15, 0.2) is 0 Å². The molecule has 7 rings (SSSR count). The van der Waals surface area contributed by atoms with Crippen LogP contribution in [0.3, 0.4) is 0 Å². The van der Waals surface area contributed by atoms with E-state index in [2.05, 4.69) is 42.9 Å². The van der Waals surface area contributed by atoms with E-state index in [9.17, 15) is 41.7 Å². The van der Waals surface area contributed by atoms with E-state index in [0.29, 0.717) is 42.1 Å². The number of nitrogens with zero attached hydrogens (tertiary/aromatic N) is 8. The Kier molecular flexibility index (Phi) is 22.4. The average Bonchev–Trinajstić information content (AvgIpc) is 4.15. The van der Waals surface area contributed by atoms with E-state index in [1.807, 2.05) is 80.0 Å². The van der Waals surface area contributed by atoms with Crippen molar-refractivity contribution < 1.29 is 66.7 Å². The average molecular weight is 1150 g/mol. The van der Waals surface area contributed by atoms with Crippen LogP contribution in [0, 0.1) is 19.1 Å². The molecule has 20 nitrogen and oxygen atoms in total. The summed E-state index contributed by atoms with van der Waals surface area (Å²) in [4.78, 5) is 87.6. The first-order valence-electron chi connectivity index (χ1n) is 21.8. The van der Waals surface area contributed by atoms with Crippen molar-refractivity contribution in [1.82, 2.24) is 50.1 Å². The minimum absolute atomic E-state index is 0. The zero-order chi connectivity index (χ0) is 49.6. The molecule has 4 aromatic heterocycles. The zero-order valence-electron chi connectivity index (χ0n) is 38.3. The smallest absolute Gasteiger partial charge is 0.333 e.